The molecule has 0 radical (unpaired) electrons. The summed E-state index contributed by atoms with van der Waals surface area (Å²) in [5.74, 6) is -1.59. The molecule has 0 aromatic rings. The van der Waals surface area contributed by atoms with Crippen LogP contribution >= 0.6 is 15.6 Å². The maximum atomic E-state index is 13.0. The molecule has 0 aliphatic rings. The Labute approximate surface area is 664 Å². The van der Waals surface area contributed by atoms with Crippen LogP contribution < -0.4 is 0 Å². The fourth-order valence-corrected chi connectivity index (χ4v) is 13.1. The van der Waals surface area contributed by atoms with Gasteiger partial charge in [-0.2, -0.15) is 0 Å². The number of hydrogen-bond acceptors (Lipinski definition) is 14. The maximum Gasteiger partial charge on any atom is 0.472 e. The second-order valence-electron chi connectivity index (χ2n) is 28.6. The van der Waals surface area contributed by atoms with E-state index < -0.39 is 91.5 Å². The Hall–Kier alpha value is -4.57. The quantitative estimate of drug-likeness (QED) is 0.0146. The fraction of sp³-hybridized carbons (Fsp3) is 0.703. The van der Waals surface area contributed by atoms with E-state index in [1.54, 1.807) is 0 Å². The van der Waals surface area contributed by atoms with Gasteiger partial charge in [0.05, 0.1) is 26.4 Å². The van der Waals surface area contributed by atoms with Crippen molar-refractivity contribution in [3.63, 3.8) is 0 Å². The number of hydrogen-bond donors (Lipinski definition) is 4. The van der Waals surface area contributed by atoms with Gasteiger partial charge < -0.3 is 34.2 Å². The Bertz CT molecular complexity index is 2560. The molecule has 0 aromatic carbocycles. The first-order valence-electron chi connectivity index (χ1n) is 43.1. The molecule has 0 heterocycles. The van der Waals surface area contributed by atoms with E-state index in [2.05, 4.69) is 167 Å². The third-order valence-electron chi connectivity index (χ3n) is 18.0. The van der Waals surface area contributed by atoms with Gasteiger partial charge in [0.2, 0.25) is 0 Å². The van der Waals surface area contributed by atoms with Crippen molar-refractivity contribution in [3.05, 3.63) is 146 Å². The van der Waals surface area contributed by atoms with Crippen molar-refractivity contribution >= 4 is 33.6 Å². The second kappa shape index (κ2) is 82.9. The summed E-state index contributed by atoms with van der Waals surface area (Å²) >= 11 is 0. The highest BCUT2D eigenvalue weighted by Crippen LogP contribution is 2.45. The van der Waals surface area contributed by atoms with Crippen molar-refractivity contribution in [2.45, 2.75) is 373 Å². The van der Waals surface area contributed by atoms with Crippen LogP contribution in [-0.2, 0) is 55.8 Å². The molecule has 0 saturated carbocycles. The molecule has 0 saturated heterocycles. The number of carbonyl (C=O) groups is 3. The Morgan fingerprint density at radius 3 is 0.780 bits per heavy atom. The van der Waals surface area contributed by atoms with E-state index in [9.17, 15) is 43.5 Å². The van der Waals surface area contributed by atoms with Crippen LogP contribution in [0.2, 0.25) is 0 Å². The Kier molecular flexibility index (Phi) is 79.4. The van der Waals surface area contributed by atoms with Crippen LogP contribution in [0.15, 0.2) is 146 Å². The number of rotatable bonds is 81. The first kappa shape index (κ1) is 104. The Morgan fingerprint density at radius 1 is 0.266 bits per heavy atom. The van der Waals surface area contributed by atoms with Crippen LogP contribution in [0.25, 0.3) is 0 Å². The highest BCUT2D eigenvalue weighted by atomic mass is 31.2. The van der Waals surface area contributed by atoms with E-state index in [0.717, 1.165) is 167 Å². The minimum atomic E-state index is -4.94. The van der Waals surface area contributed by atoms with Gasteiger partial charge in [0, 0.05) is 19.3 Å². The molecular weight excluding hydrogens is 1410 g/mol. The zero-order valence-corrected chi connectivity index (χ0v) is 70.5. The molecule has 0 aromatic heterocycles. The zero-order valence-electron chi connectivity index (χ0n) is 68.7. The molecule has 18 heteroatoms. The highest BCUT2D eigenvalue weighted by molar-refractivity contribution is 7.47. The summed E-state index contributed by atoms with van der Waals surface area (Å²) in [7, 11) is -9.80. The van der Waals surface area contributed by atoms with Crippen LogP contribution in [-0.4, -0.2) is 95.9 Å². The molecule has 0 bridgehead atoms. The number of esters is 3. The maximum absolute atomic E-state index is 13.0. The lowest BCUT2D eigenvalue weighted by molar-refractivity contribution is -0.161. The van der Waals surface area contributed by atoms with Gasteiger partial charge in [-0.25, -0.2) is 9.13 Å². The van der Waals surface area contributed by atoms with Gasteiger partial charge >= 0.3 is 33.6 Å². The molecular formula is C91H156O16P2. The average Bonchev–Trinajstić information content (AvgIpc) is 0.906. The monoisotopic (exact) mass is 1570 g/mol. The SMILES string of the molecule is CC/C=C\C/C=C\C/C=C\C/C=C\C/C=C\C/C=C\CCCCCCCCCCC(=O)OCC(COP(=O)(O)OCC(O)COP(=O)(O)OCC(O)COC(=O)CCCCCCCCCCCCCCCCCCC/C=C\C/C=C\C/C=C\C/C=C\C/C=C\CC)OC(=O)CCCCCCC/C=C\CCCCCC. The van der Waals surface area contributed by atoms with Crippen molar-refractivity contribution in [2.75, 3.05) is 39.6 Å². The lowest BCUT2D eigenvalue weighted by Gasteiger charge is -2.21. The zero-order chi connectivity index (χ0) is 79.4. The molecule has 0 aliphatic carbocycles. The van der Waals surface area contributed by atoms with Gasteiger partial charge in [-0.05, 0) is 141 Å². The normalized spacial score (nSPS) is 14.6. The molecule has 5 unspecified atom stereocenters. The van der Waals surface area contributed by atoms with E-state index in [1.807, 2.05) is 0 Å². The summed E-state index contributed by atoms with van der Waals surface area (Å²) in [6.07, 6.45) is 103. The smallest absolute Gasteiger partial charge is 0.463 e. The lowest BCUT2D eigenvalue weighted by atomic mass is 10.0. The molecule has 109 heavy (non-hydrogen) atoms. The number of phosphoric acid groups is 2. The van der Waals surface area contributed by atoms with Crippen molar-refractivity contribution in [1.29, 1.82) is 0 Å². The van der Waals surface area contributed by atoms with Crippen molar-refractivity contribution in [1.82, 2.24) is 0 Å². The summed E-state index contributed by atoms with van der Waals surface area (Å²) in [5.41, 5.74) is 0. The third kappa shape index (κ3) is 84.2. The van der Waals surface area contributed by atoms with Gasteiger partial charge in [-0.3, -0.25) is 32.5 Å². The number of phosphoric ester groups is 2. The number of unbranched alkanes of at least 4 members (excludes halogenated alkanes) is 34. The van der Waals surface area contributed by atoms with Crippen LogP contribution in [0.1, 0.15) is 355 Å². The molecule has 0 fully saturated rings. The number of carbonyl (C=O) groups excluding carboxylic acids is 3. The van der Waals surface area contributed by atoms with Crippen LogP contribution in [0, 0.1) is 0 Å². The minimum Gasteiger partial charge on any atom is -0.463 e. The number of allylic oxidation sites excluding steroid dienone is 24. The first-order valence-corrected chi connectivity index (χ1v) is 46.1. The van der Waals surface area contributed by atoms with Crippen LogP contribution in [0.4, 0.5) is 0 Å². The predicted octanol–water partition coefficient (Wildman–Crippen LogP) is 26.0. The summed E-state index contributed by atoms with van der Waals surface area (Å²) < 4.78 is 61.2. The van der Waals surface area contributed by atoms with Gasteiger partial charge in [-0.15, -0.1) is 0 Å². The molecule has 5 atom stereocenters. The minimum absolute atomic E-state index is 0.0905. The van der Waals surface area contributed by atoms with Gasteiger partial charge in [0.15, 0.2) is 6.10 Å². The summed E-state index contributed by atoms with van der Waals surface area (Å²) in [6.45, 7) is 2.45. The van der Waals surface area contributed by atoms with Crippen LogP contribution in [0.5, 0.6) is 0 Å². The largest absolute Gasteiger partial charge is 0.472 e. The highest BCUT2D eigenvalue weighted by Gasteiger charge is 2.29. The summed E-state index contributed by atoms with van der Waals surface area (Å²) in [6, 6.07) is 0. The third-order valence-corrected chi connectivity index (χ3v) is 19.9. The van der Waals surface area contributed by atoms with E-state index in [-0.39, 0.29) is 19.3 Å². The summed E-state index contributed by atoms with van der Waals surface area (Å²) in [4.78, 5) is 58.7. The van der Waals surface area contributed by atoms with E-state index in [4.69, 9.17) is 32.3 Å². The van der Waals surface area contributed by atoms with Crippen molar-refractivity contribution in [3.8, 4) is 0 Å². The number of aliphatic hydroxyl groups is 2. The standard InChI is InChI=1S/C91H156O16P2/c1-4-7-10-13-16-19-22-25-27-29-31-33-35-37-39-40-41-42-43-44-46-48-49-51-53-55-57-60-62-65-68-71-74-77-89(94)101-80-86(92)81-103-108(97,98)104-82-87(93)83-105-109(99,100)106-85-88(107-91(96)79-76-73-70-67-64-59-24-21-18-15-12-9-6-3)84-102-90(95)78-75-72-69-66-63-61-58-56-54-52-50-47-45-38-36-34-32-30-28-26-23-20-17-14-11-8-5-2/h7-8,10-11,16-17,19-21,24-28,31-34,37-39,45,50,52,86-88,92-93H,4-6,9,12-15,18,22-23,29-30,35-36,40-44,46-49,51,53-85H2,1-3H3,(H,97,98)(H,99,100)/b10-7-,11-8-,19-16-,20-17-,24-21-,27-25-,28-26-,33-31-,34-32-,39-37-,45-38-,52-50-. The van der Waals surface area contributed by atoms with E-state index in [1.165, 1.54) is 128 Å². The van der Waals surface area contributed by atoms with Gasteiger partial charge in [0.1, 0.15) is 25.4 Å². The van der Waals surface area contributed by atoms with E-state index >= 15 is 0 Å². The molecule has 0 amide bonds. The second-order valence-corrected chi connectivity index (χ2v) is 31.5. The molecule has 626 valence electrons. The fourth-order valence-electron chi connectivity index (χ4n) is 11.5. The molecule has 0 rings (SSSR count). The molecule has 0 spiro atoms. The predicted molar refractivity (Wildman–Crippen MR) is 454 cm³/mol. The topological polar surface area (TPSA) is 231 Å². The number of ether oxygens (including phenoxy) is 3. The van der Waals surface area contributed by atoms with Crippen molar-refractivity contribution in [2.24, 2.45) is 0 Å². The van der Waals surface area contributed by atoms with Crippen LogP contribution in [0.3, 0.4) is 0 Å². The lowest BCUT2D eigenvalue weighted by Crippen LogP contribution is -2.30. The molecule has 4 N–H and O–H groups in total. The first-order chi connectivity index (χ1) is 53.2. The van der Waals surface area contributed by atoms with Gasteiger partial charge in [0.25, 0.3) is 0 Å². The van der Waals surface area contributed by atoms with Gasteiger partial charge in [-0.1, -0.05) is 340 Å². The molecule has 16 nitrogen and oxygen atoms in total. The van der Waals surface area contributed by atoms with Crippen molar-refractivity contribution < 1.29 is 75.8 Å². The van der Waals surface area contributed by atoms with E-state index in [0.29, 0.717) is 19.3 Å². The Balaban J connectivity index is 4.43. The number of aliphatic hydroxyl groups excluding tert-OH is 2. The summed E-state index contributed by atoms with van der Waals surface area (Å²) in [5, 5.41) is 20.7. The average molecular weight is 1570 g/mol. The molecule has 0 aliphatic heterocycles. The Morgan fingerprint density at radius 2 is 0.486 bits per heavy atom.